The van der Waals surface area contributed by atoms with Crippen LogP contribution in [-0.2, 0) is 6.54 Å². The Hall–Kier alpha value is -0.940. The van der Waals surface area contributed by atoms with Crippen LogP contribution in [0.25, 0.3) is 0 Å². The standard InChI is InChI=1S/C10H12ClF3N2/c11-8-2-1-7(5-9(8)15)6-16-4-3-10(12,13)14/h1-2,5,16H,3-4,6,15H2. The van der Waals surface area contributed by atoms with E-state index in [1.165, 1.54) is 0 Å². The average Bonchev–Trinajstić information content (AvgIpc) is 2.17. The summed E-state index contributed by atoms with van der Waals surface area (Å²) in [6.07, 6.45) is -4.96. The lowest BCUT2D eigenvalue weighted by Crippen LogP contribution is -2.21. The van der Waals surface area contributed by atoms with Gasteiger partial charge in [0.1, 0.15) is 0 Å². The van der Waals surface area contributed by atoms with Crippen molar-refractivity contribution in [1.82, 2.24) is 5.32 Å². The third kappa shape index (κ3) is 4.72. The zero-order valence-corrected chi connectivity index (χ0v) is 9.20. The quantitative estimate of drug-likeness (QED) is 0.639. The number of alkyl halides is 3. The van der Waals surface area contributed by atoms with Gasteiger partial charge in [0.15, 0.2) is 0 Å². The zero-order valence-electron chi connectivity index (χ0n) is 8.44. The topological polar surface area (TPSA) is 38.0 Å². The van der Waals surface area contributed by atoms with E-state index < -0.39 is 12.6 Å². The molecule has 1 aromatic carbocycles. The summed E-state index contributed by atoms with van der Waals surface area (Å²) in [5, 5.41) is 3.13. The summed E-state index contributed by atoms with van der Waals surface area (Å²) in [5.41, 5.74) is 6.79. The maximum absolute atomic E-state index is 11.8. The van der Waals surface area contributed by atoms with Crippen molar-refractivity contribution in [3.05, 3.63) is 28.8 Å². The number of anilines is 1. The van der Waals surface area contributed by atoms with Gasteiger partial charge in [-0.2, -0.15) is 13.2 Å². The molecule has 0 aliphatic carbocycles. The average molecular weight is 253 g/mol. The fraction of sp³-hybridized carbons (Fsp3) is 0.400. The van der Waals surface area contributed by atoms with Crippen molar-refractivity contribution in [2.45, 2.75) is 19.1 Å². The minimum Gasteiger partial charge on any atom is -0.398 e. The fourth-order valence-electron chi connectivity index (χ4n) is 1.17. The third-order valence-electron chi connectivity index (χ3n) is 1.97. The highest BCUT2D eigenvalue weighted by Crippen LogP contribution is 2.20. The number of nitrogens with two attached hydrogens (primary N) is 1. The van der Waals surface area contributed by atoms with Gasteiger partial charge in [0.2, 0.25) is 0 Å². The second-order valence-corrected chi connectivity index (χ2v) is 3.81. The van der Waals surface area contributed by atoms with Crippen LogP contribution < -0.4 is 11.1 Å². The maximum atomic E-state index is 11.8. The first-order valence-electron chi connectivity index (χ1n) is 4.70. The molecule has 2 nitrogen and oxygen atoms in total. The van der Waals surface area contributed by atoms with Gasteiger partial charge >= 0.3 is 6.18 Å². The van der Waals surface area contributed by atoms with Gasteiger partial charge in [-0.1, -0.05) is 17.7 Å². The van der Waals surface area contributed by atoms with Crippen LogP contribution in [0.2, 0.25) is 5.02 Å². The highest BCUT2D eigenvalue weighted by atomic mass is 35.5. The molecule has 0 atom stereocenters. The summed E-state index contributed by atoms with van der Waals surface area (Å²) < 4.78 is 35.5. The molecule has 0 aromatic heterocycles. The van der Waals surface area contributed by atoms with Crippen LogP contribution >= 0.6 is 11.6 Å². The van der Waals surface area contributed by atoms with Gasteiger partial charge in [-0.05, 0) is 17.7 Å². The highest BCUT2D eigenvalue weighted by Gasteiger charge is 2.25. The van der Waals surface area contributed by atoms with E-state index in [1.54, 1.807) is 18.2 Å². The number of benzene rings is 1. The van der Waals surface area contributed by atoms with Gasteiger partial charge in [-0.3, -0.25) is 0 Å². The van der Waals surface area contributed by atoms with E-state index in [0.717, 1.165) is 5.56 Å². The molecule has 1 aromatic rings. The lowest BCUT2D eigenvalue weighted by atomic mass is 10.2. The van der Waals surface area contributed by atoms with Gasteiger partial charge in [0, 0.05) is 13.1 Å². The van der Waals surface area contributed by atoms with Crippen LogP contribution in [0.4, 0.5) is 18.9 Å². The van der Waals surface area contributed by atoms with Gasteiger partial charge < -0.3 is 11.1 Å². The van der Waals surface area contributed by atoms with E-state index in [2.05, 4.69) is 5.32 Å². The molecule has 90 valence electrons. The molecular weight excluding hydrogens is 241 g/mol. The Morgan fingerprint density at radius 2 is 2.00 bits per heavy atom. The van der Waals surface area contributed by atoms with Crippen LogP contribution in [-0.4, -0.2) is 12.7 Å². The van der Waals surface area contributed by atoms with E-state index in [9.17, 15) is 13.2 Å². The van der Waals surface area contributed by atoms with Crippen LogP contribution in [0.1, 0.15) is 12.0 Å². The predicted molar refractivity (Wildman–Crippen MR) is 58.2 cm³/mol. The first kappa shape index (κ1) is 13.1. The van der Waals surface area contributed by atoms with E-state index in [-0.39, 0.29) is 6.54 Å². The molecule has 0 bridgehead atoms. The van der Waals surface area contributed by atoms with E-state index >= 15 is 0 Å². The van der Waals surface area contributed by atoms with Gasteiger partial charge in [-0.15, -0.1) is 0 Å². The lowest BCUT2D eigenvalue weighted by Gasteiger charge is -2.08. The van der Waals surface area contributed by atoms with Crippen molar-refractivity contribution in [2.75, 3.05) is 12.3 Å². The summed E-state index contributed by atoms with van der Waals surface area (Å²) in [5.74, 6) is 0. The minimum absolute atomic E-state index is 0.105. The molecule has 0 fully saturated rings. The summed E-state index contributed by atoms with van der Waals surface area (Å²) in [6.45, 7) is 0.240. The Balaban J connectivity index is 2.35. The predicted octanol–water partition coefficient (Wildman–Crippen LogP) is 2.96. The minimum atomic E-state index is -4.12. The Kier molecular flexibility index (Phi) is 4.44. The van der Waals surface area contributed by atoms with Crippen LogP contribution in [0.3, 0.4) is 0 Å². The Morgan fingerprint density at radius 1 is 1.31 bits per heavy atom. The largest absolute Gasteiger partial charge is 0.398 e. The third-order valence-corrected chi connectivity index (χ3v) is 2.32. The number of halogens is 4. The van der Waals surface area contributed by atoms with Crippen LogP contribution in [0.5, 0.6) is 0 Å². The Morgan fingerprint density at radius 3 is 2.56 bits per heavy atom. The first-order chi connectivity index (χ1) is 7.38. The molecule has 0 saturated heterocycles. The molecule has 0 saturated carbocycles. The molecule has 0 unspecified atom stereocenters. The van der Waals surface area contributed by atoms with Crippen LogP contribution in [0, 0.1) is 0 Å². The molecule has 3 N–H and O–H groups in total. The normalized spacial score (nSPS) is 11.8. The number of nitrogen functional groups attached to an aromatic ring is 1. The van der Waals surface area contributed by atoms with E-state index in [0.29, 0.717) is 17.3 Å². The Bertz CT molecular complexity index is 352. The molecule has 0 aliphatic heterocycles. The smallest absolute Gasteiger partial charge is 0.390 e. The van der Waals surface area contributed by atoms with Crippen molar-refractivity contribution in [1.29, 1.82) is 0 Å². The summed E-state index contributed by atoms with van der Waals surface area (Å²) in [4.78, 5) is 0. The molecule has 0 radical (unpaired) electrons. The Labute approximate surface area is 96.6 Å². The van der Waals surface area contributed by atoms with Gasteiger partial charge in [0.05, 0.1) is 17.1 Å². The summed E-state index contributed by atoms with van der Waals surface area (Å²) in [6, 6.07) is 4.99. The number of hydrogen-bond acceptors (Lipinski definition) is 2. The molecule has 0 amide bonds. The van der Waals surface area contributed by atoms with Gasteiger partial charge in [0.25, 0.3) is 0 Å². The van der Waals surface area contributed by atoms with Gasteiger partial charge in [-0.25, -0.2) is 0 Å². The maximum Gasteiger partial charge on any atom is 0.390 e. The summed E-state index contributed by atoms with van der Waals surface area (Å²) in [7, 11) is 0. The first-order valence-corrected chi connectivity index (χ1v) is 5.07. The molecular formula is C10H12ClF3N2. The molecule has 6 heteroatoms. The van der Waals surface area contributed by atoms with Crippen molar-refractivity contribution >= 4 is 17.3 Å². The summed E-state index contributed by atoms with van der Waals surface area (Å²) >= 11 is 5.71. The van der Waals surface area contributed by atoms with Crippen LogP contribution in [0.15, 0.2) is 18.2 Å². The monoisotopic (exact) mass is 252 g/mol. The second kappa shape index (κ2) is 5.41. The van der Waals surface area contributed by atoms with E-state index in [1.807, 2.05) is 0 Å². The molecule has 16 heavy (non-hydrogen) atoms. The van der Waals surface area contributed by atoms with Crippen molar-refractivity contribution in [3.8, 4) is 0 Å². The van der Waals surface area contributed by atoms with Crippen molar-refractivity contribution < 1.29 is 13.2 Å². The number of rotatable bonds is 4. The second-order valence-electron chi connectivity index (χ2n) is 3.40. The number of nitrogens with one attached hydrogen (secondary N) is 1. The fourth-order valence-corrected chi connectivity index (χ4v) is 1.28. The van der Waals surface area contributed by atoms with Crippen molar-refractivity contribution in [3.63, 3.8) is 0 Å². The van der Waals surface area contributed by atoms with E-state index in [4.69, 9.17) is 17.3 Å². The van der Waals surface area contributed by atoms with Crippen molar-refractivity contribution in [2.24, 2.45) is 0 Å². The zero-order chi connectivity index (χ0) is 12.2. The molecule has 0 aliphatic rings. The molecule has 0 heterocycles. The SMILES string of the molecule is Nc1cc(CNCCC(F)(F)F)ccc1Cl. The number of hydrogen-bond donors (Lipinski definition) is 2. The highest BCUT2D eigenvalue weighted by molar-refractivity contribution is 6.33. The molecule has 1 rings (SSSR count). The lowest BCUT2D eigenvalue weighted by molar-refractivity contribution is -0.133. The molecule has 0 spiro atoms.